The number of hydrogen-bond donors (Lipinski definition) is 2. The molecule has 2 aliphatic rings. The number of benzene rings is 2. The third-order valence-electron chi connectivity index (χ3n) is 7.48. The molecular formula is C28H33N3O7S2. The number of nitrogens with one attached hydrogen (secondary N) is 1. The predicted molar refractivity (Wildman–Crippen MR) is 150 cm³/mol. The largest absolute Gasteiger partial charge is 0.491 e. The number of piperidine rings is 1. The van der Waals surface area contributed by atoms with Gasteiger partial charge in [0.15, 0.2) is 9.84 Å². The van der Waals surface area contributed by atoms with Crippen molar-refractivity contribution in [3.8, 4) is 5.75 Å². The molecule has 5 rings (SSSR count). The van der Waals surface area contributed by atoms with Crippen molar-refractivity contribution in [2.45, 2.75) is 46.8 Å². The summed E-state index contributed by atoms with van der Waals surface area (Å²) in [6.45, 7) is 4.77. The molecule has 0 saturated carbocycles. The lowest BCUT2D eigenvalue weighted by molar-refractivity contribution is -0.0312. The van der Waals surface area contributed by atoms with E-state index in [-0.39, 0.29) is 29.0 Å². The smallest absolute Gasteiger partial charge is 0.244 e. The maximum absolute atomic E-state index is 13.3. The van der Waals surface area contributed by atoms with Crippen LogP contribution >= 0.6 is 0 Å². The highest BCUT2D eigenvalue weighted by Gasteiger charge is 2.44. The Morgan fingerprint density at radius 3 is 2.67 bits per heavy atom. The van der Waals surface area contributed by atoms with Gasteiger partial charge in [0.25, 0.3) is 0 Å². The number of para-hydroxylation sites is 1. The van der Waals surface area contributed by atoms with Gasteiger partial charge in [0.1, 0.15) is 23.4 Å². The number of sulfonamides is 1. The molecule has 0 radical (unpaired) electrons. The highest BCUT2D eigenvalue weighted by atomic mass is 32.2. The number of rotatable bonds is 10. The minimum atomic E-state index is -3.66. The molecule has 1 spiro atoms. The lowest BCUT2D eigenvalue weighted by Gasteiger charge is -2.38. The van der Waals surface area contributed by atoms with Crippen molar-refractivity contribution in [1.29, 1.82) is 0 Å². The molecule has 2 aliphatic heterocycles. The molecule has 2 aromatic carbocycles. The molecule has 2 atom stereocenters. The normalized spacial score (nSPS) is 20.5. The molecule has 12 heteroatoms. The van der Waals surface area contributed by atoms with E-state index in [1.54, 1.807) is 18.2 Å². The first kappa shape index (κ1) is 28.7. The lowest BCUT2D eigenvalue weighted by Crippen LogP contribution is -2.47. The van der Waals surface area contributed by atoms with Gasteiger partial charge in [-0.15, -0.1) is 0 Å². The Balaban J connectivity index is 1.09. The summed E-state index contributed by atoms with van der Waals surface area (Å²) in [6.07, 6.45) is 2.48. The van der Waals surface area contributed by atoms with Gasteiger partial charge < -0.3 is 19.9 Å². The van der Waals surface area contributed by atoms with Crippen LogP contribution in [-0.4, -0.2) is 81.8 Å². The van der Waals surface area contributed by atoms with Gasteiger partial charge in [0, 0.05) is 42.7 Å². The van der Waals surface area contributed by atoms with Crippen LogP contribution in [0.25, 0.3) is 10.9 Å². The Morgan fingerprint density at radius 1 is 1.12 bits per heavy atom. The van der Waals surface area contributed by atoms with Gasteiger partial charge in [-0.2, -0.15) is 4.31 Å². The molecule has 2 saturated heterocycles. The predicted octanol–water partition coefficient (Wildman–Crippen LogP) is 2.49. The average Bonchev–Trinajstić information content (AvgIpc) is 3.37. The van der Waals surface area contributed by atoms with Crippen LogP contribution in [0, 0.1) is 0 Å². The Morgan fingerprint density at radius 2 is 1.90 bits per heavy atom. The monoisotopic (exact) mass is 587 g/mol. The zero-order chi connectivity index (χ0) is 28.4. The van der Waals surface area contributed by atoms with E-state index < -0.39 is 31.6 Å². The van der Waals surface area contributed by atoms with E-state index in [2.05, 4.69) is 16.9 Å². The van der Waals surface area contributed by atoms with Crippen molar-refractivity contribution in [1.82, 2.24) is 14.6 Å². The maximum atomic E-state index is 13.3. The average molecular weight is 588 g/mol. The molecule has 2 N–H and O–H groups in total. The van der Waals surface area contributed by atoms with E-state index in [1.807, 2.05) is 24.3 Å². The molecule has 40 heavy (non-hydrogen) atoms. The van der Waals surface area contributed by atoms with Gasteiger partial charge in [-0.3, -0.25) is 4.98 Å². The third kappa shape index (κ3) is 6.22. The van der Waals surface area contributed by atoms with Gasteiger partial charge >= 0.3 is 0 Å². The third-order valence-corrected chi connectivity index (χ3v) is 10.7. The van der Waals surface area contributed by atoms with E-state index in [4.69, 9.17) is 9.47 Å². The number of nitrogens with zero attached hydrogens (tertiary/aromatic N) is 2. The van der Waals surface area contributed by atoms with E-state index in [0.29, 0.717) is 44.7 Å². The molecule has 1 unspecified atom stereocenters. The molecule has 10 nitrogen and oxygen atoms in total. The second-order valence-corrected chi connectivity index (χ2v) is 14.1. The molecule has 3 aromatic rings. The topological polar surface area (TPSA) is 135 Å². The summed E-state index contributed by atoms with van der Waals surface area (Å²) in [5.41, 5.74) is 0.353. The number of fused-ring (bicyclic) bond motifs is 1. The molecule has 0 amide bonds. The van der Waals surface area contributed by atoms with Gasteiger partial charge in [0.05, 0.1) is 22.6 Å². The second kappa shape index (κ2) is 11.6. The highest BCUT2D eigenvalue weighted by Crippen LogP contribution is 2.37. The van der Waals surface area contributed by atoms with Gasteiger partial charge in [-0.25, -0.2) is 16.8 Å². The van der Waals surface area contributed by atoms with E-state index >= 15 is 0 Å². The fourth-order valence-electron chi connectivity index (χ4n) is 5.19. The van der Waals surface area contributed by atoms with E-state index in [9.17, 15) is 21.9 Å². The summed E-state index contributed by atoms with van der Waals surface area (Å²) in [7, 11) is -7.23. The van der Waals surface area contributed by atoms with Crippen LogP contribution in [0.5, 0.6) is 5.75 Å². The standard InChI is InChI=1S/C28H33N3O7S2/c1-2-39(33,34)25-8-5-7-24(15-25)37-20-23(32)17-29-22-16-28(38-19-22)10-12-31(13-11-28)40(35,36)26-14-21-6-3-4-9-27(21)30-18-26/h2-9,14-15,18,22-23,29,32H,1,10-13,16-17,19-20H2/t22-,23?/m1/s1. The summed E-state index contributed by atoms with van der Waals surface area (Å²) in [4.78, 5) is 4.58. The number of aromatic nitrogens is 1. The Labute approximate surface area is 234 Å². The maximum Gasteiger partial charge on any atom is 0.244 e. The Hall–Kier alpha value is -2.87. The summed E-state index contributed by atoms with van der Waals surface area (Å²) >= 11 is 0. The number of pyridine rings is 1. The van der Waals surface area contributed by atoms with Gasteiger partial charge in [0.2, 0.25) is 10.0 Å². The van der Waals surface area contributed by atoms with Crippen molar-refractivity contribution >= 4 is 30.8 Å². The summed E-state index contributed by atoms with van der Waals surface area (Å²) in [5, 5.41) is 15.4. The minimum Gasteiger partial charge on any atom is -0.491 e. The van der Waals surface area contributed by atoms with E-state index in [1.165, 1.54) is 22.6 Å². The molecule has 1 aromatic heterocycles. The molecule has 0 bridgehead atoms. The Bertz CT molecular complexity index is 1590. The van der Waals surface area contributed by atoms with Crippen LogP contribution in [0.1, 0.15) is 19.3 Å². The SMILES string of the molecule is C=CS(=O)(=O)c1cccc(OCC(O)CN[C@H]2COC3(CCN(S(=O)(=O)c4cnc5ccccc5c4)CC3)C2)c1. The van der Waals surface area contributed by atoms with Crippen LogP contribution in [-0.2, 0) is 24.6 Å². The quantitative estimate of drug-likeness (QED) is 0.367. The Kier molecular flexibility index (Phi) is 8.27. The first-order chi connectivity index (χ1) is 19.1. The molecule has 3 heterocycles. The summed E-state index contributed by atoms with van der Waals surface area (Å²) in [6, 6.07) is 15.2. The van der Waals surface area contributed by atoms with Crippen molar-refractivity contribution in [3.05, 3.63) is 72.8 Å². The molecule has 0 aliphatic carbocycles. The first-order valence-corrected chi connectivity index (χ1v) is 16.1. The zero-order valence-corrected chi connectivity index (χ0v) is 23.6. The van der Waals surface area contributed by atoms with Crippen molar-refractivity contribution < 1.29 is 31.4 Å². The number of aliphatic hydroxyl groups excluding tert-OH is 1. The van der Waals surface area contributed by atoms with Gasteiger partial charge in [-0.05, 0) is 49.6 Å². The van der Waals surface area contributed by atoms with Crippen LogP contribution < -0.4 is 10.1 Å². The number of aliphatic hydroxyl groups is 1. The first-order valence-electron chi connectivity index (χ1n) is 13.1. The fourth-order valence-corrected chi connectivity index (χ4v) is 7.35. The highest BCUT2D eigenvalue weighted by molar-refractivity contribution is 7.94. The van der Waals surface area contributed by atoms with Crippen LogP contribution in [0.3, 0.4) is 0 Å². The van der Waals surface area contributed by atoms with Crippen LogP contribution in [0.15, 0.2) is 82.6 Å². The lowest BCUT2D eigenvalue weighted by atomic mass is 9.88. The number of hydrogen-bond acceptors (Lipinski definition) is 9. The fraction of sp³-hybridized carbons (Fsp3) is 0.393. The van der Waals surface area contributed by atoms with Crippen molar-refractivity contribution in [2.75, 3.05) is 32.8 Å². The van der Waals surface area contributed by atoms with Crippen molar-refractivity contribution in [3.63, 3.8) is 0 Å². The van der Waals surface area contributed by atoms with Crippen molar-refractivity contribution in [2.24, 2.45) is 0 Å². The minimum absolute atomic E-state index is 0.0141. The molecular weight excluding hydrogens is 554 g/mol. The summed E-state index contributed by atoms with van der Waals surface area (Å²) < 4.78 is 63.7. The number of sulfone groups is 1. The molecule has 214 valence electrons. The van der Waals surface area contributed by atoms with Gasteiger partial charge in [-0.1, -0.05) is 30.8 Å². The van der Waals surface area contributed by atoms with Crippen LogP contribution in [0.4, 0.5) is 0 Å². The molecule has 2 fully saturated rings. The second-order valence-electron chi connectivity index (χ2n) is 10.2. The summed E-state index contributed by atoms with van der Waals surface area (Å²) in [5.74, 6) is 0.339. The number of ether oxygens (including phenoxy) is 2. The van der Waals surface area contributed by atoms with Crippen LogP contribution in [0.2, 0.25) is 0 Å². The van der Waals surface area contributed by atoms with E-state index in [0.717, 1.165) is 16.3 Å². The zero-order valence-electron chi connectivity index (χ0n) is 22.0.